The number of benzene rings is 4. The number of methoxy groups -OCH3 is 3. The summed E-state index contributed by atoms with van der Waals surface area (Å²) in [5.41, 5.74) is 2.64. The predicted molar refractivity (Wildman–Crippen MR) is 146 cm³/mol. The van der Waals surface area contributed by atoms with Crippen molar-refractivity contribution in [1.29, 1.82) is 0 Å². The molecule has 0 aromatic heterocycles. The molecule has 0 bridgehead atoms. The van der Waals surface area contributed by atoms with Gasteiger partial charge in [-0.05, 0) is 47.5 Å². The topological polar surface area (TPSA) is 101 Å². The van der Waals surface area contributed by atoms with Crippen molar-refractivity contribution in [2.24, 2.45) is 0 Å². The predicted octanol–water partition coefficient (Wildman–Crippen LogP) is 6.03. The Balaban J connectivity index is 0.000000216. The minimum absolute atomic E-state index is 0.170. The number of carbonyl (C=O) groups excluding carboxylic acids is 1. The van der Waals surface area contributed by atoms with Crippen molar-refractivity contribution in [2.75, 3.05) is 21.3 Å². The van der Waals surface area contributed by atoms with Crippen molar-refractivity contribution >= 4 is 11.9 Å². The lowest BCUT2D eigenvalue weighted by molar-refractivity contribution is 0.0599. The van der Waals surface area contributed by atoms with Gasteiger partial charge in [-0.3, -0.25) is 0 Å². The molecule has 0 unspecified atom stereocenters. The van der Waals surface area contributed by atoms with Gasteiger partial charge in [0.2, 0.25) is 0 Å². The highest BCUT2D eigenvalue weighted by Gasteiger charge is 2.12. The number of aromatic carboxylic acids is 1. The first kappa shape index (κ1) is 28.6. The smallest absolute Gasteiger partial charge is 0.337 e. The zero-order valence-electron chi connectivity index (χ0n) is 22.0. The molecule has 1 N–H and O–H groups in total. The van der Waals surface area contributed by atoms with Crippen LogP contribution in [-0.2, 0) is 18.0 Å². The fourth-order valence-electron chi connectivity index (χ4n) is 3.43. The van der Waals surface area contributed by atoms with Gasteiger partial charge in [0.25, 0.3) is 0 Å². The molecule has 4 aromatic carbocycles. The molecular weight excluding hydrogens is 500 g/mol. The molecule has 0 spiro atoms. The van der Waals surface area contributed by atoms with E-state index in [1.54, 1.807) is 31.4 Å². The third-order valence-corrected chi connectivity index (χ3v) is 5.47. The number of carboxylic acids is 1. The van der Waals surface area contributed by atoms with Crippen LogP contribution in [0.3, 0.4) is 0 Å². The van der Waals surface area contributed by atoms with Crippen LogP contribution in [0.2, 0.25) is 0 Å². The molecule has 4 rings (SSSR count). The fraction of sp³-hybridized carbons (Fsp3) is 0.161. The van der Waals surface area contributed by atoms with Crippen LogP contribution in [0.5, 0.6) is 23.0 Å². The lowest BCUT2D eigenvalue weighted by Crippen LogP contribution is -2.03. The maximum Gasteiger partial charge on any atom is 0.337 e. The maximum atomic E-state index is 11.5. The average Bonchev–Trinajstić information content (AvgIpc) is 2.99. The monoisotopic (exact) mass is 530 g/mol. The van der Waals surface area contributed by atoms with Crippen LogP contribution >= 0.6 is 0 Å². The highest BCUT2D eigenvalue weighted by molar-refractivity contribution is 5.90. The molecule has 0 fully saturated rings. The van der Waals surface area contributed by atoms with Gasteiger partial charge in [0.05, 0.1) is 32.5 Å². The Kier molecular flexibility index (Phi) is 10.8. The summed E-state index contributed by atoms with van der Waals surface area (Å²) in [5.74, 6) is 0.629. The van der Waals surface area contributed by atoms with E-state index in [1.807, 2.05) is 60.7 Å². The summed E-state index contributed by atoms with van der Waals surface area (Å²) in [6.07, 6.45) is 0. The van der Waals surface area contributed by atoms with Crippen LogP contribution in [0.1, 0.15) is 31.8 Å². The van der Waals surface area contributed by atoms with Crippen molar-refractivity contribution in [3.8, 4) is 23.0 Å². The molecule has 39 heavy (non-hydrogen) atoms. The van der Waals surface area contributed by atoms with E-state index in [-0.39, 0.29) is 5.56 Å². The standard InChI is InChI=1S/C16H16O4.C15H14O4/c1-18-14-9-8-13(16(17)19-2)10-15(14)20-11-12-6-4-3-5-7-12;1-18-13-8-7-12(15(16)17)9-14(13)19-10-11-5-3-2-4-6-11/h3-10H,11H2,1-2H3;2-9H,10H2,1H3,(H,16,17). The van der Waals surface area contributed by atoms with Gasteiger partial charge >= 0.3 is 11.9 Å². The SMILES string of the molecule is COC(=O)c1ccc(OC)c(OCc2ccccc2)c1.COc1ccc(C(=O)O)cc1OCc1ccccc1. The van der Waals surface area contributed by atoms with E-state index in [0.717, 1.165) is 11.1 Å². The molecule has 8 heteroatoms. The quantitative estimate of drug-likeness (QED) is 0.248. The van der Waals surface area contributed by atoms with Gasteiger partial charge in [-0.2, -0.15) is 0 Å². The molecule has 0 heterocycles. The zero-order chi connectivity index (χ0) is 28.0. The van der Waals surface area contributed by atoms with E-state index >= 15 is 0 Å². The largest absolute Gasteiger partial charge is 0.493 e. The Morgan fingerprint density at radius 1 is 0.590 bits per heavy atom. The Morgan fingerprint density at radius 2 is 1.03 bits per heavy atom. The second-order valence-electron chi connectivity index (χ2n) is 8.08. The highest BCUT2D eigenvalue weighted by atomic mass is 16.5. The molecule has 0 radical (unpaired) electrons. The summed E-state index contributed by atoms with van der Waals surface area (Å²) in [6.45, 7) is 0.766. The number of carboxylic acid groups (broad SMARTS) is 1. The average molecular weight is 531 g/mol. The van der Waals surface area contributed by atoms with Gasteiger partial charge < -0.3 is 28.8 Å². The van der Waals surface area contributed by atoms with E-state index in [9.17, 15) is 9.59 Å². The lowest BCUT2D eigenvalue weighted by atomic mass is 10.2. The van der Waals surface area contributed by atoms with Gasteiger partial charge in [0, 0.05) is 0 Å². The summed E-state index contributed by atoms with van der Waals surface area (Å²) in [4.78, 5) is 22.5. The van der Waals surface area contributed by atoms with E-state index in [1.165, 1.54) is 26.4 Å². The molecule has 0 saturated heterocycles. The van der Waals surface area contributed by atoms with Gasteiger partial charge in [0.15, 0.2) is 23.0 Å². The van der Waals surface area contributed by atoms with Crippen molar-refractivity contribution < 1.29 is 38.4 Å². The minimum Gasteiger partial charge on any atom is -0.493 e. The molecule has 202 valence electrons. The maximum absolute atomic E-state index is 11.5. The van der Waals surface area contributed by atoms with E-state index in [0.29, 0.717) is 41.8 Å². The van der Waals surface area contributed by atoms with Crippen molar-refractivity contribution in [3.63, 3.8) is 0 Å². The summed E-state index contributed by atoms with van der Waals surface area (Å²) in [6, 6.07) is 28.9. The molecule has 8 nitrogen and oxygen atoms in total. The van der Waals surface area contributed by atoms with Gasteiger partial charge in [-0.15, -0.1) is 0 Å². The first-order valence-corrected chi connectivity index (χ1v) is 12.0. The number of esters is 1. The summed E-state index contributed by atoms with van der Waals surface area (Å²) in [5, 5.41) is 8.96. The Labute approximate surface area is 227 Å². The Morgan fingerprint density at radius 3 is 1.44 bits per heavy atom. The fourth-order valence-corrected chi connectivity index (χ4v) is 3.43. The van der Waals surface area contributed by atoms with E-state index < -0.39 is 11.9 Å². The van der Waals surface area contributed by atoms with Crippen molar-refractivity contribution in [1.82, 2.24) is 0 Å². The molecule has 0 amide bonds. The van der Waals surface area contributed by atoms with Crippen LogP contribution in [0.25, 0.3) is 0 Å². The molecule has 0 aliphatic heterocycles. The first-order valence-electron chi connectivity index (χ1n) is 12.0. The number of carbonyl (C=O) groups is 2. The zero-order valence-corrected chi connectivity index (χ0v) is 22.0. The molecule has 0 aliphatic carbocycles. The first-order chi connectivity index (χ1) is 18.9. The summed E-state index contributed by atoms with van der Waals surface area (Å²) in [7, 11) is 4.42. The molecule has 0 saturated carbocycles. The second kappa shape index (κ2) is 14.7. The molecular formula is C31H30O8. The number of ether oxygens (including phenoxy) is 5. The van der Waals surface area contributed by atoms with Gasteiger partial charge in [0.1, 0.15) is 13.2 Å². The second-order valence-corrected chi connectivity index (χ2v) is 8.08. The van der Waals surface area contributed by atoms with Crippen LogP contribution in [0.15, 0.2) is 97.1 Å². The molecule has 0 aliphatic rings. The van der Waals surface area contributed by atoms with Crippen LogP contribution < -0.4 is 18.9 Å². The van der Waals surface area contributed by atoms with E-state index in [4.69, 9.17) is 28.8 Å². The third kappa shape index (κ3) is 8.53. The van der Waals surface area contributed by atoms with Crippen LogP contribution in [0.4, 0.5) is 0 Å². The minimum atomic E-state index is -0.993. The molecule has 0 atom stereocenters. The van der Waals surface area contributed by atoms with Crippen molar-refractivity contribution in [3.05, 3.63) is 119 Å². The number of rotatable bonds is 10. The van der Waals surface area contributed by atoms with Crippen LogP contribution in [-0.4, -0.2) is 38.4 Å². The highest BCUT2D eigenvalue weighted by Crippen LogP contribution is 2.30. The normalized spacial score (nSPS) is 9.92. The number of hydrogen-bond donors (Lipinski definition) is 1. The number of hydrogen-bond acceptors (Lipinski definition) is 7. The third-order valence-electron chi connectivity index (χ3n) is 5.47. The van der Waals surface area contributed by atoms with Crippen molar-refractivity contribution in [2.45, 2.75) is 13.2 Å². The Hall–Kier alpha value is -4.98. The van der Waals surface area contributed by atoms with Gasteiger partial charge in [-0.25, -0.2) is 9.59 Å². The van der Waals surface area contributed by atoms with Gasteiger partial charge in [-0.1, -0.05) is 60.7 Å². The molecule has 4 aromatic rings. The lowest BCUT2D eigenvalue weighted by Gasteiger charge is -2.11. The Bertz CT molecular complexity index is 1350. The summed E-state index contributed by atoms with van der Waals surface area (Å²) < 4.78 is 26.4. The summed E-state index contributed by atoms with van der Waals surface area (Å²) >= 11 is 0. The van der Waals surface area contributed by atoms with E-state index in [2.05, 4.69) is 0 Å². The van der Waals surface area contributed by atoms with Crippen LogP contribution in [0, 0.1) is 0 Å².